The topological polar surface area (TPSA) is 31.2 Å². The zero-order valence-electron chi connectivity index (χ0n) is 11.0. The van der Waals surface area contributed by atoms with Crippen molar-refractivity contribution in [1.82, 2.24) is 4.57 Å². The number of benzene rings is 1. The second-order valence-corrected chi connectivity index (χ2v) is 6.51. The molecule has 0 saturated heterocycles. The second-order valence-electron chi connectivity index (χ2n) is 5.35. The minimum absolute atomic E-state index is 0.334. The molecule has 0 atom stereocenters. The molecule has 1 heterocycles. The first-order valence-corrected chi connectivity index (χ1v) is 6.86. The van der Waals surface area contributed by atoms with Crippen LogP contribution in [0.2, 0.25) is 0 Å². The zero-order chi connectivity index (χ0) is 13.5. The van der Waals surface area contributed by atoms with Gasteiger partial charge in [-0.1, -0.05) is 11.6 Å². The molecule has 0 spiro atoms. The molecule has 2 rings (SSSR count). The predicted molar refractivity (Wildman–Crippen MR) is 81.0 cm³/mol. The van der Waals surface area contributed by atoms with Gasteiger partial charge in [-0.25, -0.2) is 4.79 Å². The normalized spacial score (nSPS) is 11.8. The maximum atomic E-state index is 12.1. The molecule has 18 heavy (non-hydrogen) atoms. The maximum Gasteiger partial charge on any atom is 0.419 e. The summed E-state index contributed by atoms with van der Waals surface area (Å²) in [6, 6.07) is 6.04. The van der Waals surface area contributed by atoms with Gasteiger partial charge in [-0.15, -0.1) is 0 Å². The van der Waals surface area contributed by atoms with Gasteiger partial charge in [0.2, 0.25) is 0 Å². The Hall–Kier alpha value is -1.04. The first kappa shape index (κ1) is 13.4. The molecule has 0 aliphatic heterocycles. The summed E-state index contributed by atoms with van der Waals surface area (Å²) in [7, 11) is 0. The van der Waals surface area contributed by atoms with Crippen LogP contribution in [-0.4, -0.2) is 16.3 Å². The highest BCUT2D eigenvalue weighted by Crippen LogP contribution is 2.25. The Kier molecular flexibility index (Phi) is 3.40. The van der Waals surface area contributed by atoms with Crippen molar-refractivity contribution in [3.8, 4) is 0 Å². The molecule has 4 heteroatoms. The summed E-state index contributed by atoms with van der Waals surface area (Å²) in [6.45, 7) is 7.64. The average Bonchev–Trinajstić information content (AvgIpc) is 2.54. The van der Waals surface area contributed by atoms with Crippen LogP contribution in [0.1, 0.15) is 26.3 Å². The number of hydrogen-bond donors (Lipinski definition) is 0. The number of aryl methyl sites for hydroxylation is 1. The van der Waals surface area contributed by atoms with E-state index < -0.39 is 5.60 Å². The zero-order valence-corrected chi connectivity index (χ0v) is 13.1. The van der Waals surface area contributed by atoms with Crippen molar-refractivity contribution >= 4 is 39.6 Å². The first-order chi connectivity index (χ1) is 8.28. The molecular weight excluding hydrogens is 341 g/mol. The van der Waals surface area contributed by atoms with E-state index in [4.69, 9.17) is 4.74 Å². The van der Waals surface area contributed by atoms with E-state index in [9.17, 15) is 4.79 Å². The summed E-state index contributed by atoms with van der Waals surface area (Å²) in [5, 5.41) is 1.08. The van der Waals surface area contributed by atoms with Crippen LogP contribution in [0.3, 0.4) is 0 Å². The lowest BCUT2D eigenvalue weighted by Crippen LogP contribution is -2.26. The van der Waals surface area contributed by atoms with E-state index in [-0.39, 0.29) is 6.09 Å². The summed E-state index contributed by atoms with van der Waals surface area (Å²) in [4.78, 5) is 12.1. The van der Waals surface area contributed by atoms with Crippen LogP contribution in [0.5, 0.6) is 0 Å². The van der Waals surface area contributed by atoms with Crippen LogP contribution in [0.4, 0.5) is 4.79 Å². The smallest absolute Gasteiger partial charge is 0.419 e. The highest BCUT2D eigenvalue weighted by atomic mass is 127. The molecule has 1 aromatic heterocycles. The van der Waals surface area contributed by atoms with E-state index in [0.29, 0.717) is 0 Å². The van der Waals surface area contributed by atoms with E-state index in [1.165, 1.54) is 5.56 Å². The Morgan fingerprint density at radius 2 is 2.00 bits per heavy atom. The highest BCUT2D eigenvalue weighted by Gasteiger charge is 2.20. The van der Waals surface area contributed by atoms with Gasteiger partial charge < -0.3 is 4.74 Å². The van der Waals surface area contributed by atoms with Gasteiger partial charge in [0.05, 0.1) is 5.52 Å². The SMILES string of the molecule is Cc1ccc2c(c1)c(I)cn2C(=O)OC(C)(C)C. The number of carbonyl (C=O) groups is 1. The Bertz CT molecular complexity index is 608. The molecule has 3 nitrogen and oxygen atoms in total. The third-order valence-corrected chi connectivity index (χ3v) is 3.36. The molecule has 1 aromatic carbocycles. The number of hydrogen-bond acceptors (Lipinski definition) is 2. The lowest BCUT2D eigenvalue weighted by atomic mass is 10.2. The molecule has 2 aromatic rings. The van der Waals surface area contributed by atoms with Gasteiger partial charge in [0.1, 0.15) is 5.60 Å². The van der Waals surface area contributed by atoms with E-state index in [2.05, 4.69) is 28.7 Å². The largest absolute Gasteiger partial charge is 0.443 e. The molecule has 0 N–H and O–H groups in total. The van der Waals surface area contributed by atoms with Crippen LogP contribution < -0.4 is 0 Å². The molecule has 0 radical (unpaired) electrons. The molecule has 0 bridgehead atoms. The molecule has 0 amide bonds. The fourth-order valence-corrected chi connectivity index (χ4v) is 2.48. The maximum absolute atomic E-state index is 12.1. The molecule has 0 aliphatic rings. The van der Waals surface area contributed by atoms with E-state index in [1.54, 1.807) is 4.57 Å². The standard InChI is InChI=1S/C14H16INO2/c1-9-5-6-12-10(7-9)11(15)8-16(12)13(17)18-14(2,3)4/h5-8H,1-4H3. The predicted octanol–water partition coefficient (Wildman–Crippen LogP) is 4.34. The van der Waals surface area contributed by atoms with Gasteiger partial charge in [0, 0.05) is 15.2 Å². The van der Waals surface area contributed by atoms with Gasteiger partial charge in [-0.3, -0.25) is 4.57 Å². The molecule has 0 fully saturated rings. The third kappa shape index (κ3) is 2.68. The lowest BCUT2D eigenvalue weighted by molar-refractivity contribution is 0.0544. The molecule has 96 valence electrons. The van der Waals surface area contributed by atoms with Gasteiger partial charge in [-0.05, 0) is 62.4 Å². The van der Waals surface area contributed by atoms with Crippen LogP contribution in [-0.2, 0) is 4.74 Å². The Labute approximate surface area is 120 Å². The van der Waals surface area contributed by atoms with Gasteiger partial charge in [0.15, 0.2) is 0 Å². The van der Waals surface area contributed by atoms with Gasteiger partial charge in [0.25, 0.3) is 0 Å². The molecule has 0 unspecified atom stereocenters. The van der Waals surface area contributed by atoms with Crippen LogP contribution >= 0.6 is 22.6 Å². The summed E-state index contributed by atoms with van der Waals surface area (Å²) in [5.74, 6) is 0. The Balaban J connectivity index is 2.49. The molecule has 0 saturated carbocycles. The summed E-state index contributed by atoms with van der Waals surface area (Å²) < 4.78 is 8.02. The second kappa shape index (κ2) is 4.57. The van der Waals surface area contributed by atoms with Gasteiger partial charge in [-0.2, -0.15) is 0 Å². The van der Waals surface area contributed by atoms with E-state index in [0.717, 1.165) is 14.5 Å². The minimum atomic E-state index is -0.482. The number of ether oxygens (including phenoxy) is 1. The summed E-state index contributed by atoms with van der Waals surface area (Å²) >= 11 is 2.24. The first-order valence-electron chi connectivity index (χ1n) is 5.78. The van der Waals surface area contributed by atoms with Crippen molar-refractivity contribution < 1.29 is 9.53 Å². The van der Waals surface area contributed by atoms with E-state index >= 15 is 0 Å². The minimum Gasteiger partial charge on any atom is -0.443 e. The third-order valence-electron chi connectivity index (χ3n) is 2.50. The lowest BCUT2D eigenvalue weighted by Gasteiger charge is -2.19. The van der Waals surface area contributed by atoms with Gasteiger partial charge >= 0.3 is 6.09 Å². The van der Waals surface area contributed by atoms with Crippen molar-refractivity contribution in [3.63, 3.8) is 0 Å². The summed E-state index contributed by atoms with van der Waals surface area (Å²) in [6.07, 6.45) is 1.48. The Morgan fingerprint density at radius 1 is 1.33 bits per heavy atom. The number of fused-ring (bicyclic) bond motifs is 1. The van der Waals surface area contributed by atoms with Crippen molar-refractivity contribution in [3.05, 3.63) is 33.5 Å². The molecular formula is C14H16INO2. The van der Waals surface area contributed by atoms with Crippen molar-refractivity contribution in [2.75, 3.05) is 0 Å². The van der Waals surface area contributed by atoms with Crippen molar-refractivity contribution in [2.24, 2.45) is 0 Å². The van der Waals surface area contributed by atoms with Crippen LogP contribution in [0.15, 0.2) is 24.4 Å². The number of aromatic nitrogens is 1. The number of halogens is 1. The summed E-state index contributed by atoms with van der Waals surface area (Å²) in [5.41, 5.74) is 1.59. The fourth-order valence-electron chi connectivity index (χ4n) is 1.77. The number of rotatable bonds is 0. The average molecular weight is 357 g/mol. The van der Waals surface area contributed by atoms with Crippen LogP contribution in [0, 0.1) is 10.5 Å². The number of carbonyl (C=O) groups excluding carboxylic acids is 1. The fraction of sp³-hybridized carbons (Fsp3) is 0.357. The van der Waals surface area contributed by atoms with Crippen molar-refractivity contribution in [2.45, 2.75) is 33.3 Å². The Morgan fingerprint density at radius 3 is 2.61 bits per heavy atom. The van der Waals surface area contributed by atoms with E-state index in [1.807, 2.05) is 46.0 Å². The van der Waals surface area contributed by atoms with Crippen LogP contribution in [0.25, 0.3) is 10.9 Å². The highest BCUT2D eigenvalue weighted by molar-refractivity contribution is 14.1. The number of nitrogens with zero attached hydrogens (tertiary/aromatic N) is 1. The monoisotopic (exact) mass is 357 g/mol. The van der Waals surface area contributed by atoms with Crippen molar-refractivity contribution in [1.29, 1.82) is 0 Å². The quantitative estimate of drug-likeness (QED) is 0.657. The molecule has 0 aliphatic carbocycles.